The van der Waals surface area contributed by atoms with Gasteiger partial charge in [-0.1, -0.05) is 13.0 Å². The fourth-order valence-electron chi connectivity index (χ4n) is 3.71. The first-order chi connectivity index (χ1) is 15.9. The van der Waals surface area contributed by atoms with E-state index in [-0.39, 0.29) is 42.1 Å². The van der Waals surface area contributed by atoms with Crippen LogP contribution in [0.25, 0.3) is 0 Å². The SMILES string of the molecule is COc1c(C)n(CC(O)O)cc(C(=O)NCc2ccc(F)cc2F)c1=O.C[C@H]1C[C@H](N)C[C@@H]1O. The van der Waals surface area contributed by atoms with Crippen LogP contribution in [0, 0.1) is 24.5 Å². The summed E-state index contributed by atoms with van der Waals surface area (Å²) in [6.45, 7) is 3.02. The van der Waals surface area contributed by atoms with E-state index in [0.717, 1.165) is 25.1 Å². The van der Waals surface area contributed by atoms with Crippen LogP contribution in [0.4, 0.5) is 8.78 Å². The van der Waals surface area contributed by atoms with Gasteiger partial charge in [-0.15, -0.1) is 0 Å². The standard InChI is InChI=1S/C17H18F2N2O5.C6H13NO/c1-9-16(26-2)15(24)12(7-21(9)8-14(22)23)17(25)20-6-10-3-4-11(18)5-13(10)19;1-4-2-5(7)3-6(4)8/h3-5,7,14,22-23H,6,8H2,1-2H3,(H,20,25);4-6,8H,2-3,7H2,1H3/t;4-,5-,6-/m.0/s1. The summed E-state index contributed by atoms with van der Waals surface area (Å²) in [6, 6.07) is 3.17. The molecule has 1 heterocycles. The molecule has 1 aliphatic rings. The van der Waals surface area contributed by atoms with E-state index in [2.05, 4.69) is 5.32 Å². The van der Waals surface area contributed by atoms with E-state index in [1.807, 2.05) is 6.92 Å². The number of hydrogen-bond acceptors (Lipinski definition) is 7. The number of aromatic nitrogens is 1. The second-order valence-corrected chi connectivity index (χ2v) is 8.32. The van der Waals surface area contributed by atoms with Gasteiger partial charge < -0.3 is 35.7 Å². The normalized spacial score (nSPS) is 19.5. The van der Waals surface area contributed by atoms with E-state index in [0.29, 0.717) is 17.7 Å². The molecule has 2 aromatic rings. The lowest BCUT2D eigenvalue weighted by atomic mass is 10.1. The van der Waals surface area contributed by atoms with E-state index in [1.165, 1.54) is 24.7 Å². The fourth-order valence-corrected chi connectivity index (χ4v) is 3.71. The third-order valence-electron chi connectivity index (χ3n) is 5.63. The largest absolute Gasteiger partial charge is 0.491 e. The number of nitrogens with two attached hydrogens (primary N) is 1. The molecule has 9 nitrogen and oxygen atoms in total. The predicted octanol–water partition coefficient (Wildman–Crippen LogP) is 0.789. The lowest BCUT2D eigenvalue weighted by molar-refractivity contribution is -0.0518. The number of benzene rings is 1. The Morgan fingerprint density at radius 1 is 1.32 bits per heavy atom. The molecule has 6 N–H and O–H groups in total. The Labute approximate surface area is 195 Å². The molecule has 1 aromatic heterocycles. The number of pyridine rings is 1. The van der Waals surface area contributed by atoms with Crippen LogP contribution in [-0.2, 0) is 13.1 Å². The lowest BCUT2D eigenvalue weighted by Crippen LogP contribution is -2.31. The summed E-state index contributed by atoms with van der Waals surface area (Å²) in [7, 11) is 1.25. The van der Waals surface area contributed by atoms with Crippen molar-refractivity contribution in [1.82, 2.24) is 9.88 Å². The molecule has 34 heavy (non-hydrogen) atoms. The highest BCUT2D eigenvalue weighted by Crippen LogP contribution is 2.23. The Hall–Kier alpha value is -2.86. The third-order valence-corrected chi connectivity index (χ3v) is 5.63. The molecule has 0 aliphatic heterocycles. The zero-order chi connectivity index (χ0) is 25.6. The Kier molecular flexibility index (Phi) is 9.68. The monoisotopic (exact) mass is 483 g/mol. The van der Waals surface area contributed by atoms with Gasteiger partial charge in [-0.25, -0.2) is 8.78 Å². The van der Waals surface area contributed by atoms with Crippen molar-refractivity contribution in [3.63, 3.8) is 0 Å². The predicted molar refractivity (Wildman–Crippen MR) is 120 cm³/mol. The minimum absolute atomic E-state index is 0.0462. The molecular weight excluding hydrogens is 452 g/mol. The number of amides is 1. The molecule has 3 atom stereocenters. The lowest BCUT2D eigenvalue weighted by Gasteiger charge is -2.16. The summed E-state index contributed by atoms with van der Waals surface area (Å²) in [5.74, 6) is -2.08. The van der Waals surface area contributed by atoms with Crippen molar-refractivity contribution in [2.75, 3.05) is 7.11 Å². The van der Waals surface area contributed by atoms with Crippen LogP contribution >= 0.6 is 0 Å². The van der Waals surface area contributed by atoms with E-state index in [9.17, 15) is 18.4 Å². The Morgan fingerprint density at radius 3 is 2.47 bits per heavy atom. The minimum atomic E-state index is -1.70. The van der Waals surface area contributed by atoms with Gasteiger partial charge in [-0.3, -0.25) is 9.59 Å². The average Bonchev–Trinajstić information content (AvgIpc) is 3.04. The number of rotatable bonds is 6. The van der Waals surface area contributed by atoms with Crippen LogP contribution in [0.1, 0.15) is 41.4 Å². The maximum absolute atomic E-state index is 13.6. The van der Waals surface area contributed by atoms with Gasteiger partial charge >= 0.3 is 0 Å². The van der Waals surface area contributed by atoms with Gasteiger partial charge in [0, 0.05) is 30.4 Å². The number of hydrogen-bond donors (Lipinski definition) is 5. The number of nitrogens with one attached hydrogen (secondary N) is 1. The van der Waals surface area contributed by atoms with Gasteiger partial charge in [0.25, 0.3) is 5.91 Å². The first-order valence-corrected chi connectivity index (χ1v) is 10.7. The van der Waals surface area contributed by atoms with Crippen molar-refractivity contribution in [3.8, 4) is 5.75 Å². The number of aliphatic hydroxyl groups excluding tert-OH is 2. The first kappa shape index (κ1) is 27.4. The number of methoxy groups -OCH3 is 1. The number of carbonyl (C=O) groups excluding carboxylic acids is 1. The van der Waals surface area contributed by atoms with Crippen LogP contribution in [-0.4, -0.2) is 51.3 Å². The molecule has 0 spiro atoms. The zero-order valence-corrected chi connectivity index (χ0v) is 19.3. The molecule has 1 aromatic carbocycles. The molecule has 0 unspecified atom stereocenters. The quantitative estimate of drug-likeness (QED) is 0.382. The van der Waals surface area contributed by atoms with Crippen molar-refractivity contribution in [2.45, 2.75) is 58.2 Å². The molecule has 11 heteroatoms. The summed E-state index contributed by atoms with van der Waals surface area (Å²) >= 11 is 0. The van der Waals surface area contributed by atoms with Crippen molar-refractivity contribution < 1.29 is 33.6 Å². The molecule has 0 bridgehead atoms. The van der Waals surface area contributed by atoms with Crippen LogP contribution in [0.5, 0.6) is 5.75 Å². The van der Waals surface area contributed by atoms with Crippen molar-refractivity contribution >= 4 is 5.91 Å². The molecule has 1 saturated carbocycles. The first-order valence-electron chi connectivity index (χ1n) is 10.7. The zero-order valence-electron chi connectivity index (χ0n) is 19.3. The number of ether oxygens (including phenoxy) is 1. The minimum Gasteiger partial charge on any atom is -0.491 e. The summed E-state index contributed by atoms with van der Waals surface area (Å²) in [5.41, 5.74) is 4.91. The second kappa shape index (κ2) is 12.0. The number of aliphatic hydroxyl groups is 3. The molecule has 1 fully saturated rings. The summed E-state index contributed by atoms with van der Waals surface area (Å²) in [6.07, 6.45) is 1.10. The van der Waals surface area contributed by atoms with E-state index < -0.39 is 29.3 Å². The molecule has 3 rings (SSSR count). The van der Waals surface area contributed by atoms with Crippen molar-refractivity contribution in [1.29, 1.82) is 0 Å². The molecule has 1 aliphatic carbocycles. The molecule has 0 radical (unpaired) electrons. The maximum atomic E-state index is 13.6. The highest BCUT2D eigenvalue weighted by atomic mass is 19.1. The summed E-state index contributed by atoms with van der Waals surface area (Å²) in [4.78, 5) is 24.7. The van der Waals surface area contributed by atoms with Gasteiger partial charge in [-0.05, 0) is 31.7 Å². The van der Waals surface area contributed by atoms with Crippen LogP contribution in [0.3, 0.4) is 0 Å². The summed E-state index contributed by atoms with van der Waals surface area (Å²) < 4.78 is 32.8. The van der Waals surface area contributed by atoms with Crippen LogP contribution in [0.15, 0.2) is 29.2 Å². The highest BCUT2D eigenvalue weighted by Gasteiger charge is 2.26. The van der Waals surface area contributed by atoms with Crippen molar-refractivity contribution in [3.05, 3.63) is 63.1 Å². The average molecular weight is 484 g/mol. The fraction of sp³-hybridized carbons (Fsp3) is 0.478. The van der Waals surface area contributed by atoms with E-state index >= 15 is 0 Å². The van der Waals surface area contributed by atoms with Gasteiger partial charge in [0.1, 0.15) is 17.2 Å². The van der Waals surface area contributed by atoms with Gasteiger partial charge in [-0.2, -0.15) is 0 Å². The topological polar surface area (TPSA) is 147 Å². The van der Waals surface area contributed by atoms with E-state index in [4.69, 9.17) is 25.8 Å². The Balaban J connectivity index is 0.000000430. The van der Waals surface area contributed by atoms with Crippen molar-refractivity contribution in [2.24, 2.45) is 11.7 Å². The van der Waals surface area contributed by atoms with Gasteiger partial charge in [0.15, 0.2) is 12.0 Å². The smallest absolute Gasteiger partial charge is 0.257 e. The molecule has 188 valence electrons. The highest BCUT2D eigenvalue weighted by molar-refractivity contribution is 5.94. The number of halogens is 2. The Bertz CT molecular complexity index is 1050. The van der Waals surface area contributed by atoms with Gasteiger partial charge in [0.2, 0.25) is 5.43 Å². The maximum Gasteiger partial charge on any atom is 0.257 e. The molecule has 0 saturated heterocycles. The molecular formula is C23H31F2N3O6. The second-order valence-electron chi connectivity index (χ2n) is 8.32. The Morgan fingerprint density at radius 2 is 2.00 bits per heavy atom. The summed E-state index contributed by atoms with van der Waals surface area (Å²) in [5, 5.41) is 29.7. The molecule has 1 amide bonds. The van der Waals surface area contributed by atoms with E-state index in [1.54, 1.807) is 0 Å². The van der Waals surface area contributed by atoms with Gasteiger partial charge in [0.05, 0.1) is 25.5 Å². The number of nitrogens with zero attached hydrogens (tertiary/aromatic N) is 1. The van der Waals surface area contributed by atoms with Crippen LogP contribution in [0.2, 0.25) is 0 Å². The van der Waals surface area contributed by atoms with Crippen LogP contribution < -0.4 is 21.2 Å². The third kappa shape index (κ3) is 7.07. The number of carbonyl (C=O) groups is 1.